The van der Waals surface area contributed by atoms with Crippen molar-refractivity contribution in [2.24, 2.45) is 0 Å². The van der Waals surface area contributed by atoms with Gasteiger partial charge in [-0.2, -0.15) is 0 Å². The van der Waals surface area contributed by atoms with Crippen LogP contribution in [-0.2, 0) is 6.42 Å². The molecule has 0 saturated heterocycles. The molecule has 19 heavy (non-hydrogen) atoms. The standard InChI is InChI=1S/C15H13FN2O/c16-13-9-17-8-6-11(13)15(19)12-5-1-3-10-4-2-7-18-14(10)12/h2,4,6-9,12H,1,3,5H2. The fourth-order valence-electron chi connectivity index (χ4n) is 2.63. The second-order valence-corrected chi connectivity index (χ2v) is 4.71. The van der Waals surface area contributed by atoms with E-state index in [2.05, 4.69) is 9.97 Å². The second kappa shape index (κ2) is 4.88. The molecule has 0 amide bonds. The zero-order chi connectivity index (χ0) is 13.2. The van der Waals surface area contributed by atoms with Crippen LogP contribution >= 0.6 is 0 Å². The SMILES string of the molecule is O=C(c1ccncc1F)C1CCCc2cccnc21. The molecule has 2 heterocycles. The monoisotopic (exact) mass is 256 g/mol. The lowest BCUT2D eigenvalue weighted by atomic mass is 9.82. The van der Waals surface area contributed by atoms with Crippen LogP contribution in [0.4, 0.5) is 4.39 Å². The van der Waals surface area contributed by atoms with Crippen LogP contribution < -0.4 is 0 Å². The van der Waals surface area contributed by atoms with E-state index in [9.17, 15) is 9.18 Å². The maximum absolute atomic E-state index is 13.7. The molecule has 2 aromatic heterocycles. The topological polar surface area (TPSA) is 42.9 Å². The van der Waals surface area contributed by atoms with E-state index in [-0.39, 0.29) is 17.3 Å². The molecule has 1 aliphatic carbocycles. The van der Waals surface area contributed by atoms with Gasteiger partial charge in [0.05, 0.1) is 23.4 Å². The third-order valence-electron chi connectivity index (χ3n) is 3.55. The number of hydrogen-bond acceptors (Lipinski definition) is 3. The summed E-state index contributed by atoms with van der Waals surface area (Å²) >= 11 is 0. The molecular weight excluding hydrogens is 243 g/mol. The highest BCUT2D eigenvalue weighted by Gasteiger charge is 2.29. The van der Waals surface area contributed by atoms with E-state index in [1.165, 1.54) is 12.3 Å². The molecule has 0 aromatic carbocycles. The first-order valence-electron chi connectivity index (χ1n) is 6.35. The molecule has 0 bridgehead atoms. The van der Waals surface area contributed by atoms with Crippen LogP contribution in [0, 0.1) is 5.82 Å². The van der Waals surface area contributed by atoms with Crippen molar-refractivity contribution in [1.82, 2.24) is 9.97 Å². The highest BCUT2D eigenvalue weighted by molar-refractivity contribution is 6.01. The normalized spacial score (nSPS) is 17.8. The van der Waals surface area contributed by atoms with Gasteiger partial charge in [-0.3, -0.25) is 14.8 Å². The van der Waals surface area contributed by atoms with Crippen molar-refractivity contribution in [1.29, 1.82) is 0 Å². The molecule has 1 aliphatic rings. The summed E-state index contributed by atoms with van der Waals surface area (Å²) in [5.74, 6) is -1.09. The summed E-state index contributed by atoms with van der Waals surface area (Å²) in [6.45, 7) is 0. The minimum absolute atomic E-state index is 0.110. The summed E-state index contributed by atoms with van der Waals surface area (Å²) in [5.41, 5.74) is 2.01. The average molecular weight is 256 g/mol. The number of Topliss-reactive ketones (excluding diaryl/α,β-unsaturated/α-hetero) is 1. The molecule has 0 spiro atoms. The molecule has 2 aromatic rings. The number of ketones is 1. The number of carbonyl (C=O) groups excluding carboxylic acids is 1. The van der Waals surface area contributed by atoms with E-state index in [4.69, 9.17) is 0 Å². The molecule has 0 fully saturated rings. The lowest BCUT2D eigenvalue weighted by Crippen LogP contribution is -2.21. The van der Waals surface area contributed by atoms with Gasteiger partial charge in [-0.1, -0.05) is 6.07 Å². The van der Waals surface area contributed by atoms with Crippen molar-refractivity contribution in [2.45, 2.75) is 25.2 Å². The lowest BCUT2D eigenvalue weighted by molar-refractivity contribution is 0.0944. The Bertz CT molecular complexity index is 627. The molecule has 4 heteroatoms. The molecule has 96 valence electrons. The number of hydrogen-bond donors (Lipinski definition) is 0. The maximum atomic E-state index is 13.7. The van der Waals surface area contributed by atoms with Crippen LogP contribution in [0.25, 0.3) is 0 Å². The van der Waals surface area contributed by atoms with Crippen LogP contribution in [-0.4, -0.2) is 15.8 Å². The fourth-order valence-corrected chi connectivity index (χ4v) is 2.63. The van der Waals surface area contributed by atoms with Gasteiger partial charge in [-0.05, 0) is 37.0 Å². The molecule has 3 nitrogen and oxygen atoms in total. The summed E-state index contributed by atoms with van der Waals surface area (Å²) < 4.78 is 13.7. The Labute approximate surface area is 110 Å². The Hall–Kier alpha value is -2.10. The number of pyridine rings is 2. The Balaban J connectivity index is 2.00. The Morgan fingerprint density at radius 3 is 3.05 bits per heavy atom. The van der Waals surface area contributed by atoms with Gasteiger partial charge in [0, 0.05) is 12.4 Å². The zero-order valence-corrected chi connectivity index (χ0v) is 10.3. The van der Waals surface area contributed by atoms with Crippen LogP contribution in [0.5, 0.6) is 0 Å². The molecule has 0 N–H and O–H groups in total. The van der Waals surface area contributed by atoms with E-state index in [1.54, 1.807) is 6.20 Å². The number of aryl methyl sites for hydroxylation is 1. The smallest absolute Gasteiger partial charge is 0.174 e. The Morgan fingerprint density at radius 2 is 2.21 bits per heavy atom. The van der Waals surface area contributed by atoms with E-state index < -0.39 is 5.82 Å². The van der Waals surface area contributed by atoms with Crippen LogP contribution in [0.1, 0.15) is 40.4 Å². The molecule has 1 atom stereocenters. The van der Waals surface area contributed by atoms with Crippen LogP contribution in [0.2, 0.25) is 0 Å². The van der Waals surface area contributed by atoms with E-state index in [0.717, 1.165) is 36.7 Å². The van der Waals surface area contributed by atoms with E-state index >= 15 is 0 Å². The molecular formula is C15H13FN2O. The first-order valence-corrected chi connectivity index (χ1v) is 6.35. The zero-order valence-electron chi connectivity index (χ0n) is 10.3. The Kier molecular flexibility index (Phi) is 3.07. The quantitative estimate of drug-likeness (QED) is 0.776. The summed E-state index contributed by atoms with van der Waals surface area (Å²) in [7, 11) is 0. The number of halogens is 1. The highest BCUT2D eigenvalue weighted by Crippen LogP contribution is 2.32. The van der Waals surface area contributed by atoms with Crippen molar-refractivity contribution in [3.8, 4) is 0 Å². The fraction of sp³-hybridized carbons (Fsp3) is 0.267. The third-order valence-corrected chi connectivity index (χ3v) is 3.55. The van der Waals surface area contributed by atoms with Gasteiger partial charge in [0.2, 0.25) is 0 Å². The van der Waals surface area contributed by atoms with Crippen LogP contribution in [0.3, 0.4) is 0 Å². The number of rotatable bonds is 2. The maximum Gasteiger partial charge on any atom is 0.174 e. The van der Waals surface area contributed by atoms with Gasteiger partial charge in [-0.15, -0.1) is 0 Å². The number of nitrogens with zero attached hydrogens (tertiary/aromatic N) is 2. The largest absolute Gasteiger partial charge is 0.293 e. The number of fused-ring (bicyclic) bond motifs is 1. The van der Waals surface area contributed by atoms with Crippen molar-refractivity contribution in [2.75, 3.05) is 0 Å². The predicted molar refractivity (Wildman–Crippen MR) is 68.4 cm³/mol. The molecule has 1 unspecified atom stereocenters. The molecule has 0 aliphatic heterocycles. The van der Waals surface area contributed by atoms with Crippen LogP contribution in [0.15, 0.2) is 36.8 Å². The summed E-state index contributed by atoms with van der Waals surface area (Å²) in [5, 5.41) is 0. The van der Waals surface area contributed by atoms with Gasteiger partial charge in [0.15, 0.2) is 11.6 Å². The van der Waals surface area contributed by atoms with Gasteiger partial charge < -0.3 is 0 Å². The first kappa shape index (κ1) is 12.0. The van der Waals surface area contributed by atoms with Crippen molar-refractivity contribution in [3.05, 3.63) is 59.4 Å². The predicted octanol–water partition coefficient (Wildman–Crippen LogP) is 2.92. The summed E-state index contributed by atoms with van der Waals surface area (Å²) in [4.78, 5) is 20.5. The van der Waals surface area contributed by atoms with Crippen molar-refractivity contribution >= 4 is 5.78 Å². The minimum atomic E-state index is -0.560. The first-order chi connectivity index (χ1) is 9.27. The summed E-state index contributed by atoms with van der Waals surface area (Å²) in [6, 6.07) is 5.30. The molecule has 0 radical (unpaired) electrons. The molecule has 0 saturated carbocycles. The number of carbonyl (C=O) groups is 1. The average Bonchev–Trinajstić information content (AvgIpc) is 2.46. The highest BCUT2D eigenvalue weighted by atomic mass is 19.1. The van der Waals surface area contributed by atoms with Crippen molar-refractivity contribution in [3.63, 3.8) is 0 Å². The van der Waals surface area contributed by atoms with Gasteiger partial charge >= 0.3 is 0 Å². The molecule has 3 rings (SSSR count). The Morgan fingerprint density at radius 1 is 1.32 bits per heavy atom. The van der Waals surface area contributed by atoms with Gasteiger partial charge in [0.1, 0.15) is 0 Å². The van der Waals surface area contributed by atoms with E-state index in [0.29, 0.717) is 0 Å². The second-order valence-electron chi connectivity index (χ2n) is 4.71. The van der Waals surface area contributed by atoms with Gasteiger partial charge in [-0.25, -0.2) is 4.39 Å². The van der Waals surface area contributed by atoms with E-state index in [1.807, 2.05) is 12.1 Å². The van der Waals surface area contributed by atoms with Crippen molar-refractivity contribution < 1.29 is 9.18 Å². The lowest BCUT2D eigenvalue weighted by Gasteiger charge is -2.23. The third kappa shape index (κ3) is 2.14. The number of aromatic nitrogens is 2. The van der Waals surface area contributed by atoms with Gasteiger partial charge in [0.25, 0.3) is 0 Å². The minimum Gasteiger partial charge on any atom is -0.293 e. The summed E-state index contributed by atoms with van der Waals surface area (Å²) in [6.07, 6.45) is 6.80.